The third-order valence-corrected chi connectivity index (χ3v) is 1.49. The van der Waals surface area contributed by atoms with Crippen LogP contribution in [0, 0.1) is 0 Å². The highest BCUT2D eigenvalue weighted by Crippen LogP contribution is 1.78. The highest BCUT2D eigenvalue weighted by atomic mass is 16.5. The maximum atomic E-state index is 10.5. The fourth-order valence-electron chi connectivity index (χ4n) is 0.579. The van der Waals surface area contributed by atoms with Gasteiger partial charge in [0.15, 0.2) is 0 Å². The molecule has 4 nitrogen and oxygen atoms in total. The topological polar surface area (TPSA) is 41.6 Å². The molecule has 0 heterocycles. The standard InChI is InChI=1S/C7H16N2O2/c1-4-9(2)6-5-8-7(10)11-3/h4-6H2,1-3H3,(H,8,10). The Labute approximate surface area is 67.5 Å². The van der Waals surface area contributed by atoms with E-state index >= 15 is 0 Å². The van der Waals surface area contributed by atoms with Crippen molar-refractivity contribution < 1.29 is 9.53 Å². The van der Waals surface area contributed by atoms with Gasteiger partial charge in [-0.05, 0) is 13.6 Å². The summed E-state index contributed by atoms with van der Waals surface area (Å²) in [7, 11) is 3.36. The monoisotopic (exact) mass is 160 g/mol. The van der Waals surface area contributed by atoms with Gasteiger partial charge in [0.2, 0.25) is 0 Å². The highest BCUT2D eigenvalue weighted by Gasteiger charge is 1.97. The molecule has 1 N–H and O–H groups in total. The maximum absolute atomic E-state index is 10.5. The number of rotatable bonds is 4. The van der Waals surface area contributed by atoms with Gasteiger partial charge < -0.3 is 15.0 Å². The molecule has 0 aromatic rings. The van der Waals surface area contributed by atoms with E-state index in [1.807, 2.05) is 7.05 Å². The first kappa shape index (κ1) is 10.2. The van der Waals surface area contributed by atoms with Gasteiger partial charge in [0, 0.05) is 13.1 Å². The number of ether oxygens (including phenoxy) is 1. The lowest BCUT2D eigenvalue weighted by Crippen LogP contribution is -2.32. The van der Waals surface area contributed by atoms with Gasteiger partial charge in [-0.25, -0.2) is 4.79 Å². The van der Waals surface area contributed by atoms with E-state index in [0.29, 0.717) is 6.54 Å². The van der Waals surface area contributed by atoms with Crippen molar-refractivity contribution in [2.75, 3.05) is 33.8 Å². The Morgan fingerprint density at radius 2 is 2.27 bits per heavy atom. The first-order chi connectivity index (χ1) is 5.20. The minimum atomic E-state index is -0.366. The maximum Gasteiger partial charge on any atom is 0.406 e. The van der Waals surface area contributed by atoms with Crippen LogP contribution in [0.2, 0.25) is 0 Å². The van der Waals surface area contributed by atoms with Crippen molar-refractivity contribution in [1.29, 1.82) is 0 Å². The lowest BCUT2D eigenvalue weighted by atomic mass is 10.5. The van der Waals surface area contributed by atoms with E-state index in [2.05, 4.69) is 21.9 Å². The molecule has 0 radical (unpaired) electrons. The molecule has 0 saturated carbocycles. The molecule has 0 bridgehead atoms. The molecule has 0 rings (SSSR count). The summed E-state index contributed by atoms with van der Waals surface area (Å²) in [5.41, 5.74) is 0. The van der Waals surface area contributed by atoms with Crippen molar-refractivity contribution in [3.63, 3.8) is 0 Å². The third kappa shape index (κ3) is 5.66. The summed E-state index contributed by atoms with van der Waals surface area (Å²) in [5.74, 6) is 0. The van der Waals surface area contributed by atoms with E-state index in [1.54, 1.807) is 0 Å². The van der Waals surface area contributed by atoms with Crippen LogP contribution >= 0.6 is 0 Å². The molecule has 0 aromatic heterocycles. The number of amides is 1. The normalized spacial score (nSPS) is 9.82. The van der Waals surface area contributed by atoms with E-state index < -0.39 is 0 Å². The Kier molecular flexibility index (Phi) is 5.56. The molecule has 0 fully saturated rings. The van der Waals surface area contributed by atoms with E-state index in [1.165, 1.54) is 7.11 Å². The Balaban J connectivity index is 3.20. The molecular weight excluding hydrogens is 144 g/mol. The third-order valence-electron chi connectivity index (χ3n) is 1.49. The van der Waals surface area contributed by atoms with Crippen molar-refractivity contribution in [2.45, 2.75) is 6.92 Å². The smallest absolute Gasteiger partial charge is 0.406 e. The number of nitrogens with zero attached hydrogens (tertiary/aromatic N) is 1. The van der Waals surface area contributed by atoms with E-state index in [0.717, 1.165) is 13.1 Å². The van der Waals surface area contributed by atoms with Crippen molar-refractivity contribution in [3.8, 4) is 0 Å². The fourth-order valence-corrected chi connectivity index (χ4v) is 0.579. The largest absolute Gasteiger partial charge is 0.453 e. The van der Waals surface area contributed by atoms with Gasteiger partial charge in [-0.3, -0.25) is 0 Å². The average Bonchev–Trinajstić information content (AvgIpc) is 2.04. The molecule has 4 heteroatoms. The second-order valence-electron chi connectivity index (χ2n) is 2.31. The molecule has 11 heavy (non-hydrogen) atoms. The predicted molar refractivity (Wildman–Crippen MR) is 43.6 cm³/mol. The van der Waals surface area contributed by atoms with Crippen LogP contribution in [-0.4, -0.2) is 44.8 Å². The quantitative estimate of drug-likeness (QED) is 0.643. The zero-order valence-electron chi connectivity index (χ0n) is 7.39. The first-order valence-corrected chi connectivity index (χ1v) is 3.71. The summed E-state index contributed by atoms with van der Waals surface area (Å²) in [6.07, 6.45) is -0.366. The molecule has 0 aromatic carbocycles. The zero-order chi connectivity index (χ0) is 8.69. The van der Waals surface area contributed by atoms with Gasteiger partial charge in [-0.2, -0.15) is 0 Å². The Bertz CT molecular complexity index is 117. The molecule has 0 aliphatic heterocycles. The number of nitrogens with one attached hydrogen (secondary N) is 1. The second kappa shape index (κ2) is 5.97. The van der Waals surface area contributed by atoms with Crippen LogP contribution in [0.15, 0.2) is 0 Å². The van der Waals surface area contributed by atoms with Crippen molar-refractivity contribution in [1.82, 2.24) is 10.2 Å². The molecular formula is C7H16N2O2. The zero-order valence-corrected chi connectivity index (χ0v) is 7.39. The molecule has 66 valence electrons. The Morgan fingerprint density at radius 3 is 2.73 bits per heavy atom. The average molecular weight is 160 g/mol. The Morgan fingerprint density at radius 1 is 1.64 bits per heavy atom. The molecule has 0 spiro atoms. The van der Waals surface area contributed by atoms with Crippen LogP contribution < -0.4 is 5.32 Å². The van der Waals surface area contributed by atoms with E-state index in [-0.39, 0.29) is 6.09 Å². The molecule has 0 unspecified atom stereocenters. The summed E-state index contributed by atoms with van der Waals surface area (Å²) < 4.78 is 4.40. The number of methoxy groups -OCH3 is 1. The van der Waals surface area contributed by atoms with Crippen molar-refractivity contribution in [2.24, 2.45) is 0 Å². The number of carbonyl (C=O) groups is 1. The molecule has 0 saturated heterocycles. The van der Waals surface area contributed by atoms with Gasteiger partial charge in [-0.15, -0.1) is 0 Å². The number of likely N-dealkylation sites (N-methyl/N-ethyl adjacent to an activating group) is 1. The molecule has 0 aliphatic rings. The van der Waals surface area contributed by atoms with Gasteiger partial charge in [0.25, 0.3) is 0 Å². The van der Waals surface area contributed by atoms with Gasteiger partial charge in [0.05, 0.1) is 7.11 Å². The van der Waals surface area contributed by atoms with Gasteiger partial charge in [-0.1, -0.05) is 6.92 Å². The SMILES string of the molecule is CCN(C)CCNC(=O)OC. The van der Waals surface area contributed by atoms with E-state index in [4.69, 9.17) is 0 Å². The van der Waals surface area contributed by atoms with Crippen LogP contribution in [0.3, 0.4) is 0 Å². The highest BCUT2D eigenvalue weighted by molar-refractivity contribution is 5.66. The summed E-state index contributed by atoms with van der Waals surface area (Å²) in [6, 6.07) is 0. The second-order valence-corrected chi connectivity index (χ2v) is 2.31. The predicted octanol–water partition coefficient (Wildman–Crippen LogP) is 0.294. The minimum Gasteiger partial charge on any atom is -0.453 e. The van der Waals surface area contributed by atoms with Crippen LogP contribution in [0.5, 0.6) is 0 Å². The van der Waals surface area contributed by atoms with Gasteiger partial charge >= 0.3 is 6.09 Å². The van der Waals surface area contributed by atoms with Crippen LogP contribution in [0.1, 0.15) is 6.92 Å². The number of hydrogen-bond acceptors (Lipinski definition) is 3. The Hall–Kier alpha value is -0.770. The fraction of sp³-hybridized carbons (Fsp3) is 0.857. The minimum absolute atomic E-state index is 0.366. The van der Waals surface area contributed by atoms with Crippen molar-refractivity contribution in [3.05, 3.63) is 0 Å². The van der Waals surface area contributed by atoms with Crippen LogP contribution in [-0.2, 0) is 4.74 Å². The van der Waals surface area contributed by atoms with Crippen LogP contribution in [0.4, 0.5) is 4.79 Å². The molecule has 1 amide bonds. The summed E-state index contributed by atoms with van der Waals surface area (Å²) in [5, 5.41) is 2.59. The van der Waals surface area contributed by atoms with Crippen LogP contribution in [0.25, 0.3) is 0 Å². The van der Waals surface area contributed by atoms with Gasteiger partial charge in [0.1, 0.15) is 0 Å². The first-order valence-electron chi connectivity index (χ1n) is 3.71. The summed E-state index contributed by atoms with van der Waals surface area (Å²) >= 11 is 0. The van der Waals surface area contributed by atoms with E-state index in [9.17, 15) is 4.79 Å². The van der Waals surface area contributed by atoms with Crippen molar-refractivity contribution >= 4 is 6.09 Å². The number of hydrogen-bond donors (Lipinski definition) is 1. The number of carbonyl (C=O) groups excluding carboxylic acids is 1. The summed E-state index contributed by atoms with van der Waals surface area (Å²) in [4.78, 5) is 12.6. The summed E-state index contributed by atoms with van der Waals surface area (Å²) in [6.45, 7) is 4.55. The molecule has 0 aliphatic carbocycles. The number of alkyl carbamates (subject to hydrolysis) is 1. The molecule has 0 atom stereocenters. The lowest BCUT2D eigenvalue weighted by molar-refractivity contribution is 0.169. The lowest BCUT2D eigenvalue weighted by Gasteiger charge is -2.13.